The number of carbonyl (C=O) groups excluding carboxylic acids is 2. The first kappa shape index (κ1) is 27.2. The molecule has 37 heavy (non-hydrogen) atoms. The van der Waals surface area contributed by atoms with Crippen molar-refractivity contribution in [3.63, 3.8) is 0 Å². The van der Waals surface area contributed by atoms with Crippen molar-refractivity contribution in [2.75, 3.05) is 59.0 Å². The molecule has 2 atom stereocenters. The molecule has 8 nitrogen and oxygen atoms in total. The Hall–Kier alpha value is -2.85. The predicted molar refractivity (Wildman–Crippen MR) is 141 cm³/mol. The number of nitrogens with one attached hydrogen (secondary N) is 1. The van der Waals surface area contributed by atoms with E-state index in [4.69, 9.17) is 10.5 Å². The van der Waals surface area contributed by atoms with Crippen LogP contribution in [-0.4, -0.2) is 97.6 Å². The molecule has 0 radical (unpaired) electrons. The first-order chi connectivity index (χ1) is 17.9. The van der Waals surface area contributed by atoms with Crippen LogP contribution in [0.4, 0.5) is 4.39 Å². The van der Waals surface area contributed by atoms with Crippen LogP contribution in [0, 0.1) is 12.7 Å². The Morgan fingerprint density at radius 3 is 2.49 bits per heavy atom. The molecule has 2 aromatic rings. The molecule has 2 aliphatic heterocycles. The van der Waals surface area contributed by atoms with Gasteiger partial charge in [0.05, 0.1) is 13.2 Å². The SMILES string of the molecule is Cc1ccc(C(=O)N2CC(N(CCN3CCOCC3)Cc3ccc(F)cc3)CC2C(=O)NCCN)cc1. The van der Waals surface area contributed by atoms with Crippen LogP contribution in [0.3, 0.4) is 0 Å². The average Bonchev–Trinajstić information content (AvgIpc) is 3.37. The quantitative estimate of drug-likeness (QED) is 0.504. The van der Waals surface area contributed by atoms with E-state index in [-0.39, 0.29) is 23.7 Å². The number of amides is 2. The molecule has 2 aliphatic rings. The second kappa shape index (κ2) is 13.1. The third kappa shape index (κ3) is 7.35. The van der Waals surface area contributed by atoms with Crippen molar-refractivity contribution in [1.82, 2.24) is 20.0 Å². The van der Waals surface area contributed by atoms with Gasteiger partial charge in [0.2, 0.25) is 5.91 Å². The van der Waals surface area contributed by atoms with E-state index in [0.717, 1.165) is 50.5 Å². The normalized spacial score (nSPS) is 20.4. The van der Waals surface area contributed by atoms with Crippen LogP contribution in [0.2, 0.25) is 0 Å². The molecular formula is C28H38FN5O3. The zero-order valence-corrected chi connectivity index (χ0v) is 21.6. The fourth-order valence-corrected chi connectivity index (χ4v) is 5.04. The predicted octanol–water partition coefficient (Wildman–Crippen LogP) is 1.63. The maximum atomic E-state index is 13.6. The van der Waals surface area contributed by atoms with Gasteiger partial charge in [-0.2, -0.15) is 0 Å². The minimum Gasteiger partial charge on any atom is -0.379 e. The van der Waals surface area contributed by atoms with E-state index in [0.29, 0.717) is 38.2 Å². The molecule has 2 heterocycles. The number of halogens is 1. The minimum absolute atomic E-state index is 0.0193. The lowest BCUT2D eigenvalue weighted by Gasteiger charge is -2.33. The molecule has 2 aromatic carbocycles. The maximum Gasteiger partial charge on any atom is 0.254 e. The Labute approximate surface area is 218 Å². The molecule has 0 bridgehead atoms. The number of benzene rings is 2. The first-order valence-corrected chi connectivity index (χ1v) is 13.1. The van der Waals surface area contributed by atoms with Gasteiger partial charge < -0.3 is 20.7 Å². The highest BCUT2D eigenvalue weighted by Gasteiger charge is 2.42. The van der Waals surface area contributed by atoms with Gasteiger partial charge in [-0.1, -0.05) is 29.8 Å². The molecule has 2 fully saturated rings. The molecule has 200 valence electrons. The summed E-state index contributed by atoms with van der Waals surface area (Å²) in [5.41, 5.74) is 8.25. The molecule has 0 saturated carbocycles. The van der Waals surface area contributed by atoms with E-state index in [1.807, 2.05) is 31.2 Å². The van der Waals surface area contributed by atoms with Gasteiger partial charge in [0.25, 0.3) is 5.91 Å². The van der Waals surface area contributed by atoms with E-state index < -0.39 is 6.04 Å². The third-order valence-corrected chi connectivity index (χ3v) is 7.21. The molecule has 2 saturated heterocycles. The molecular weight excluding hydrogens is 473 g/mol. The van der Waals surface area contributed by atoms with Gasteiger partial charge >= 0.3 is 0 Å². The number of rotatable bonds is 10. The highest BCUT2D eigenvalue weighted by atomic mass is 19.1. The van der Waals surface area contributed by atoms with Gasteiger partial charge in [0.1, 0.15) is 11.9 Å². The summed E-state index contributed by atoms with van der Waals surface area (Å²) in [5.74, 6) is -0.593. The second-order valence-electron chi connectivity index (χ2n) is 9.86. The lowest BCUT2D eigenvalue weighted by atomic mass is 10.1. The van der Waals surface area contributed by atoms with Gasteiger partial charge in [-0.25, -0.2) is 4.39 Å². The van der Waals surface area contributed by atoms with Gasteiger partial charge in [0.15, 0.2) is 0 Å². The fourth-order valence-electron chi connectivity index (χ4n) is 5.04. The van der Waals surface area contributed by atoms with Crippen molar-refractivity contribution >= 4 is 11.8 Å². The largest absolute Gasteiger partial charge is 0.379 e. The molecule has 0 aromatic heterocycles. The molecule has 9 heteroatoms. The average molecular weight is 512 g/mol. The van der Waals surface area contributed by atoms with Crippen LogP contribution in [0.25, 0.3) is 0 Å². The highest BCUT2D eigenvalue weighted by molar-refractivity contribution is 5.98. The molecule has 3 N–H and O–H groups in total. The van der Waals surface area contributed by atoms with Crippen LogP contribution in [0.15, 0.2) is 48.5 Å². The van der Waals surface area contributed by atoms with Crippen LogP contribution in [0.5, 0.6) is 0 Å². The molecule has 0 aliphatic carbocycles. The van der Waals surface area contributed by atoms with Crippen molar-refractivity contribution in [1.29, 1.82) is 0 Å². The van der Waals surface area contributed by atoms with Crippen LogP contribution in [-0.2, 0) is 16.1 Å². The van der Waals surface area contributed by atoms with Crippen LogP contribution < -0.4 is 11.1 Å². The van der Waals surface area contributed by atoms with E-state index in [1.54, 1.807) is 17.0 Å². The lowest BCUT2D eigenvalue weighted by molar-refractivity contribution is -0.124. The molecule has 2 amide bonds. The Morgan fingerprint density at radius 2 is 1.81 bits per heavy atom. The number of aryl methyl sites for hydroxylation is 1. The Kier molecular flexibility index (Phi) is 9.62. The number of morpholine rings is 1. The minimum atomic E-state index is -0.579. The van der Waals surface area contributed by atoms with Crippen molar-refractivity contribution in [2.24, 2.45) is 5.73 Å². The number of ether oxygens (including phenoxy) is 1. The number of likely N-dealkylation sites (tertiary alicyclic amines) is 1. The summed E-state index contributed by atoms with van der Waals surface area (Å²) < 4.78 is 19.0. The zero-order valence-electron chi connectivity index (χ0n) is 21.6. The van der Waals surface area contributed by atoms with Gasteiger partial charge in [-0.3, -0.25) is 19.4 Å². The van der Waals surface area contributed by atoms with Crippen molar-refractivity contribution < 1.29 is 18.7 Å². The van der Waals surface area contributed by atoms with Gasteiger partial charge in [-0.15, -0.1) is 0 Å². The monoisotopic (exact) mass is 511 g/mol. The molecule has 4 rings (SSSR count). The van der Waals surface area contributed by atoms with E-state index in [2.05, 4.69) is 15.1 Å². The fraction of sp³-hybridized carbons (Fsp3) is 0.500. The molecule has 0 spiro atoms. The van der Waals surface area contributed by atoms with Crippen LogP contribution in [0.1, 0.15) is 27.9 Å². The molecule has 2 unspecified atom stereocenters. The van der Waals surface area contributed by atoms with Crippen molar-refractivity contribution in [3.05, 3.63) is 71.0 Å². The number of nitrogens with zero attached hydrogens (tertiary/aromatic N) is 3. The maximum absolute atomic E-state index is 13.6. The topological polar surface area (TPSA) is 91.1 Å². The van der Waals surface area contributed by atoms with Crippen LogP contribution >= 0.6 is 0 Å². The summed E-state index contributed by atoms with van der Waals surface area (Å²) in [4.78, 5) is 33.1. The number of hydrogen-bond donors (Lipinski definition) is 2. The highest BCUT2D eigenvalue weighted by Crippen LogP contribution is 2.26. The summed E-state index contributed by atoms with van der Waals surface area (Å²) >= 11 is 0. The second-order valence-corrected chi connectivity index (χ2v) is 9.86. The number of nitrogens with two attached hydrogens (primary N) is 1. The Bertz CT molecular complexity index is 1030. The first-order valence-electron chi connectivity index (χ1n) is 13.1. The van der Waals surface area contributed by atoms with Gasteiger partial charge in [-0.05, 0) is 43.2 Å². The summed E-state index contributed by atoms with van der Waals surface area (Å²) in [7, 11) is 0. The summed E-state index contributed by atoms with van der Waals surface area (Å²) in [6, 6.07) is 13.4. The summed E-state index contributed by atoms with van der Waals surface area (Å²) in [6.07, 6.45) is 0.526. The Balaban J connectivity index is 1.55. The third-order valence-electron chi connectivity index (χ3n) is 7.21. The van der Waals surface area contributed by atoms with E-state index >= 15 is 0 Å². The van der Waals surface area contributed by atoms with E-state index in [1.165, 1.54) is 12.1 Å². The standard InChI is InChI=1S/C28H38FN5O3/c1-21-2-6-23(7-3-21)28(36)34-20-25(18-26(34)27(35)31-11-10-30)33(13-12-32-14-16-37-17-15-32)19-22-4-8-24(29)9-5-22/h2-9,25-26H,10-20,30H2,1H3,(H,31,35). The van der Waals surface area contributed by atoms with Gasteiger partial charge in [0, 0.05) is 64.0 Å². The number of hydrogen-bond acceptors (Lipinski definition) is 6. The Morgan fingerprint density at radius 1 is 1.11 bits per heavy atom. The number of carbonyl (C=O) groups is 2. The zero-order chi connectivity index (χ0) is 26.2. The smallest absolute Gasteiger partial charge is 0.254 e. The van der Waals surface area contributed by atoms with E-state index in [9.17, 15) is 14.0 Å². The summed E-state index contributed by atoms with van der Waals surface area (Å²) in [6.45, 7) is 8.58. The summed E-state index contributed by atoms with van der Waals surface area (Å²) in [5, 5.41) is 2.88. The van der Waals surface area contributed by atoms with Crippen molar-refractivity contribution in [3.8, 4) is 0 Å². The lowest BCUT2D eigenvalue weighted by Crippen LogP contribution is -2.47. The van der Waals surface area contributed by atoms with Crippen molar-refractivity contribution in [2.45, 2.75) is 32.0 Å².